The van der Waals surface area contributed by atoms with Gasteiger partial charge in [0.05, 0.1) is 5.75 Å². The van der Waals surface area contributed by atoms with E-state index in [0.29, 0.717) is 46.2 Å². The highest BCUT2D eigenvalue weighted by Gasteiger charge is 2.30. The lowest BCUT2D eigenvalue weighted by Crippen LogP contribution is -2.51. The molecular formula is C29H31Cl3N2O2S. The van der Waals surface area contributed by atoms with Crippen molar-refractivity contribution in [1.29, 1.82) is 0 Å². The molecule has 0 saturated carbocycles. The first-order valence-electron chi connectivity index (χ1n) is 12.1. The molecule has 3 aromatic carbocycles. The number of hydrogen-bond acceptors (Lipinski definition) is 3. The third-order valence-corrected chi connectivity index (χ3v) is 7.53. The van der Waals surface area contributed by atoms with Crippen LogP contribution < -0.4 is 5.32 Å². The van der Waals surface area contributed by atoms with Crippen LogP contribution >= 0.6 is 46.6 Å². The molecule has 0 fully saturated rings. The van der Waals surface area contributed by atoms with Crippen molar-refractivity contribution in [3.8, 4) is 0 Å². The lowest BCUT2D eigenvalue weighted by molar-refractivity contribution is -0.139. The normalized spacial score (nSPS) is 11.8. The zero-order chi connectivity index (χ0) is 26.8. The summed E-state index contributed by atoms with van der Waals surface area (Å²) in [5.41, 5.74) is 2.79. The Balaban J connectivity index is 1.84. The predicted molar refractivity (Wildman–Crippen MR) is 156 cm³/mol. The van der Waals surface area contributed by atoms with Gasteiger partial charge < -0.3 is 10.2 Å². The van der Waals surface area contributed by atoms with Crippen LogP contribution in [0, 0.1) is 5.92 Å². The van der Waals surface area contributed by atoms with Crippen molar-refractivity contribution in [2.24, 2.45) is 5.92 Å². The number of carbonyl (C=O) groups is 2. The number of nitrogens with one attached hydrogen (secondary N) is 1. The third-order valence-electron chi connectivity index (χ3n) is 5.72. The van der Waals surface area contributed by atoms with E-state index in [1.807, 2.05) is 62.4 Å². The lowest BCUT2D eigenvalue weighted by atomic mass is 10.0. The Kier molecular flexibility index (Phi) is 11.7. The number of thioether (sulfide) groups is 1. The van der Waals surface area contributed by atoms with Gasteiger partial charge in [0.1, 0.15) is 6.04 Å². The Morgan fingerprint density at radius 1 is 0.892 bits per heavy atom. The Morgan fingerprint density at radius 3 is 2.22 bits per heavy atom. The summed E-state index contributed by atoms with van der Waals surface area (Å²) in [6.07, 6.45) is 0.414. The highest BCUT2D eigenvalue weighted by Crippen LogP contribution is 2.25. The maximum atomic E-state index is 13.7. The second-order valence-corrected chi connectivity index (χ2v) is 11.5. The van der Waals surface area contributed by atoms with Gasteiger partial charge in [0.15, 0.2) is 0 Å². The molecule has 0 radical (unpaired) electrons. The number of benzene rings is 3. The second-order valence-electron chi connectivity index (χ2n) is 9.22. The summed E-state index contributed by atoms with van der Waals surface area (Å²) in [6, 6.07) is 21.8. The average molecular weight is 578 g/mol. The molecule has 0 aliphatic heterocycles. The van der Waals surface area contributed by atoms with E-state index in [9.17, 15) is 9.59 Å². The smallest absolute Gasteiger partial charge is 0.243 e. The highest BCUT2D eigenvalue weighted by atomic mass is 35.5. The van der Waals surface area contributed by atoms with Crippen molar-refractivity contribution in [3.63, 3.8) is 0 Å². The Labute approximate surface area is 238 Å². The first kappa shape index (κ1) is 29.4. The van der Waals surface area contributed by atoms with Gasteiger partial charge in [0, 0.05) is 40.3 Å². The van der Waals surface area contributed by atoms with Gasteiger partial charge in [-0.25, -0.2) is 0 Å². The molecule has 37 heavy (non-hydrogen) atoms. The SMILES string of the molecule is CC(C)CNC(=O)C(Cc1ccccc1)N(Cc1ccc(Cl)cc1)C(=O)CSCc1ccc(Cl)cc1Cl. The fourth-order valence-corrected chi connectivity index (χ4v) is 5.33. The average Bonchev–Trinajstić information content (AvgIpc) is 2.87. The predicted octanol–water partition coefficient (Wildman–Crippen LogP) is 7.29. The number of halogens is 3. The largest absolute Gasteiger partial charge is 0.354 e. The van der Waals surface area contributed by atoms with E-state index in [0.717, 1.165) is 16.7 Å². The van der Waals surface area contributed by atoms with E-state index in [1.54, 1.807) is 29.2 Å². The van der Waals surface area contributed by atoms with Crippen LogP contribution in [0.25, 0.3) is 0 Å². The van der Waals surface area contributed by atoms with Gasteiger partial charge in [-0.05, 0) is 46.9 Å². The standard InChI is InChI=1S/C29H31Cl3N2O2S/c1-20(2)16-33-29(36)27(14-21-6-4-3-5-7-21)34(17-22-8-11-24(30)12-9-22)28(35)19-37-18-23-10-13-25(31)15-26(23)32/h3-13,15,20,27H,14,16-19H2,1-2H3,(H,33,36). The molecular weight excluding hydrogens is 547 g/mol. The van der Waals surface area contributed by atoms with E-state index in [4.69, 9.17) is 34.8 Å². The van der Waals surface area contributed by atoms with Gasteiger partial charge in [0.2, 0.25) is 11.8 Å². The van der Waals surface area contributed by atoms with Crippen LogP contribution in [0.3, 0.4) is 0 Å². The number of hydrogen-bond donors (Lipinski definition) is 1. The summed E-state index contributed by atoms with van der Waals surface area (Å²) >= 11 is 19.9. The third kappa shape index (κ3) is 9.57. The van der Waals surface area contributed by atoms with E-state index >= 15 is 0 Å². The van der Waals surface area contributed by atoms with Crippen molar-refractivity contribution in [1.82, 2.24) is 10.2 Å². The molecule has 8 heteroatoms. The zero-order valence-electron chi connectivity index (χ0n) is 20.9. The van der Waals surface area contributed by atoms with Crippen LogP contribution in [-0.4, -0.2) is 35.1 Å². The van der Waals surface area contributed by atoms with Crippen LogP contribution in [0.5, 0.6) is 0 Å². The first-order valence-corrected chi connectivity index (χ1v) is 14.4. The van der Waals surface area contributed by atoms with Crippen molar-refractivity contribution >= 4 is 58.4 Å². The summed E-state index contributed by atoms with van der Waals surface area (Å²) < 4.78 is 0. The first-order chi connectivity index (χ1) is 17.7. The molecule has 0 bridgehead atoms. The molecule has 0 aromatic heterocycles. The topological polar surface area (TPSA) is 49.4 Å². The van der Waals surface area contributed by atoms with E-state index in [2.05, 4.69) is 5.32 Å². The van der Waals surface area contributed by atoms with Crippen LogP contribution in [0.15, 0.2) is 72.8 Å². The van der Waals surface area contributed by atoms with Crippen LogP contribution in [0.1, 0.15) is 30.5 Å². The van der Waals surface area contributed by atoms with Crippen LogP contribution in [0.4, 0.5) is 0 Å². The van der Waals surface area contributed by atoms with Gasteiger partial charge in [-0.15, -0.1) is 11.8 Å². The summed E-state index contributed by atoms with van der Waals surface area (Å²) in [7, 11) is 0. The van der Waals surface area contributed by atoms with Crippen molar-refractivity contribution in [3.05, 3.63) is 105 Å². The monoisotopic (exact) mass is 576 g/mol. The molecule has 1 atom stereocenters. The summed E-state index contributed by atoms with van der Waals surface area (Å²) in [5, 5.41) is 4.79. The Bertz CT molecular complexity index is 1170. The number of amides is 2. The minimum atomic E-state index is -0.663. The molecule has 1 unspecified atom stereocenters. The molecule has 1 N–H and O–H groups in total. The molecule has 0 heterocycles. The quantitative estimate of drug-likeness (QED) is 0.246. The summed E-state index contributed by atoms with van der Waals surface area (Å²) in [6.45, 7) is 4.92. The van der Waals surface area contributed by atoms with Crippen LogP contribution in [-0.2, 0) is 28.3 Å². The van der Waals surface area contributed by atoms with Crippen LogP contribution in [0.2, 0.25) is 15.1 Å². The molecule has 0 spiro atoms. The maximum absolute atomic E-state index is 13.7. The molecule has 196 valence electrons. The minimum Gasteiger partial charge on any atom is -0.354 e. The van der Waals surface area contributed by atoms with E-state index < -0.39 is 6.04 Å². The van der Waals surface area contributed by atoms with E-state index in [1.165, 1.54) is 11.8 Å². The van der Waals surface area contributed by atoms with Crippen molar-refractivity contribution in [2.75, 3.05) is 12.3 Å². The molecule has 3 rings (SSSR count). The molecule has 3 aromatic rings. The van der Waals surface area contributed by atoms with Gasteiger partial charge in [-0.2, -0.15) is 0 Å². The maximum Gasteiger partial charge on any atom is 0.243 e. The number of rotatable bonds is 12. The van der Waals surface area contributed by atoms with Gasteiger partial charge in [0.25, 0.3) is 0 Å². The van der Waals surface area contributed by atoms with Crippen molar-refractivity contribution in [2.45, 2.75) is 38.6 Å². The zero-order valence-corrected chi connectivity index (χ0v) is 24.0. The van der Waals surface area contributed by atoms with Gasteiger partial charge in [-0.3, -0.25) is 9.59 Å². The molecule has 0 aliphatic carbocycles. The van der Waals surface area contributed by atoms with Gasteiger partial charge in [-0.1, -0.05) is 97.2 Å². The number of carbonyl (C=O) groups excluding carboxylic acids is 2. The number of nitrogens with zero attached hydrogens (tertiary/aromatic N) is 1. The Hall–Kier alpha value is -2.18. The summed E-state index contributed by atoms with van der Waals surface area (Å²) in [4.78, 5) is 28.8. The molecule has 2 amide bonds. The summed E-state index contributed by atoms with van der Waals surface area (Å²) in [5.74, 6) is 0.770. The second kappa shape index (κ2) is 14.7. The van der Waals surface area contributed by atoms with Crippen molar-refractivity contribution < 1.29 is 9.59 Å². The fourth-order valence-electron chi connectivity index (χ4n) is 3.73. The molecule has 4 nitrogen and oxygen atoms in total. The van der Waals surface area contributed by atoms with Gasteiger partial charge >= 0.3 is 0 Å². The fraction of sp³-hybridized carbons (Fsp3) is 0.310. The molecule has 0 saturated heterocycles. The highest BCUT2D eigenvalue weighted by molar-refractivity contribution is 7.99. The Morgan fingerprint density at radius 2 is 1.57 bits per heavy atom. The molecule has 0 aliphatic rings. The minimum absolute atomic E-state index is 0.120. The van der Waals surface area contributed by atoms with E-state index in [-0.39, 0.29) is 17.6 Å². The lowest BCUT2D eigenvalue weighted by Gasteiger charge is -2.32.